The summed E-state index contributed by atoms with van der Waals surface area (Å²) < 4.78 is 5.28. The van der Waals surface area contributed by atoms with Crippen molar-refractivity contribution in [2.45, 2.75) is 57.1 Å². The summed E-state index contributed by atoms with van der Waals surface area (Å²) in [6, 6.07) is 7.35. The van der Waals surface area contributed by atoms with E-state index < -0.39 is 0 Å². The van der Waals surface area contributed by atoms with E-state index in [1.807, 2.05) is 31.2 Å². The Kier molecular flexibility index (Phi) is 7.78. The van der Waals surface area contributed by atoms with Crippen LogP contribution in [0.2, 0.25) is 0 Å². The van der Waals surface area contributed by atoms with Crippen LogP contribution in [0.4, 0.5) is 10.7 Å². The lowest BCUT2D eigenvalue weighted by Crippen LogP contribution is -2.23. The van der Waals surface area contributed by atoms with Gasteiger partial charge in [0, 0.05) is 22.4 Å². The van der Waals surface area contributed by atoms with Gasteiger partial charge in [0.2, 0.25) is 11.8 Å². The highest BCUT2D eigenvalue weighted by atomic mass is 32.2. The molecule has 1 aromatic heterocycles. The zero-order chi connectivity index (χ0) is 22.5. The molecule has 0 bridgehead atoms. The number of anilines is 2. The zero-order valence-corrected chi connectivity index (χ0v) is 19.9. The number of hydrogen-bond donors (Lipinski definition) is 2. The van der Waals surface area contributed by atoms with E-state index in [0.717, 1.165) is 29.7 Å². The average molecular weight is 461 g/mol. The van der Waals surface area contributed by atoms with Crippen LogP contribution in [0.15, 0.2) is 29.2 Å². The van der Waals surface area contributed by atoms with Crippen LogP contribution < -0.4 is 10.6 Å². The van der Waals surface area contributed by atoms with Crippen molar-refractivity contribution < 1.29 is 19.1 Å². The molecular weight excluding hydrogens is 432 g/mol. The van der Waals surface area contributed by atoms with Gasteiger partial charge >= 0.3 is 5.97 Å². The number of thiophene rings is 1. The fraction of sp³-hybridized carbons (Fsp3) is 0.435. The minimum atomic E-state index is -0.362. The highest BCUT2D eigenvalue weighted by Gasteiger charge is 2.29. The Morgan fingerprint density at radius 2 is 1.94 bits per heavy atom. The Hall–Kier alpha value is -2.32. The van der Waals surface area contributed by atoms with Crippen LogP contribution in [0.5, 0.6) is 0 Å². The third-order valence-corrected chi connectivity index (χ3v) is 7.37. The molecule has 1 aliphatic rings. The van der Waals surface area contributed by atoms with Crippen molar-refractivity contribution in [2.75, 3.05) is 17.2 Å². The molecule has 2 aromatic rings. The number of esters is 1. The molecule has 2 N–H and O–H groups in total. The van der Waals surface area contributed by atoms with Crippen molar-refractivity contribution in [1.29, 1.82) is 0 Å². The third-order valence-electron chi connectivity index (χ3n) is 5.08. The number of rotatable bonds is 7. The van der Waals surface area contributed by atoms with Gasteiger partial charge in [-0.1, -0.05) is 6.92 Å². The van der Waals surface area contributed by atoms with Crippen molar-refractivity contribution >= 4 is 51.6 Å². The summed E-state index contributed by atoms with van der Waals surface area (Å²) >= 11 is 2.92. The minimum absolute atomic E-state index is 0.126. The molecular formula is C23H28N2O4S2. The Morgan fingerprint density at radius 3 is 2.58 bits per heavy atom. The molecule has 0 unspecified atom stereocenters. The molecule has 0 radical (unpaired) electrons. The van der Waals surface area contributed by atoms with E-state index in [-0.39, 0.29) is 23.0 Å². The van der Waals surface area contributed by atoms with E-state index >= 15 is 0 Å². The van der Waals surface area contributed by atoms with Gasteiger partial charge in [0.1, 0.15) is 5.00 Å². The summed E-state index contributed by atoms with van der Waals surface area (Å²) in [6.45, 7) is 7.59. The number of thioether (sulfide) groups is 1. The maximum Gasteiger partial charge on any atom is 0.341 e. The van der Waals surface area contributed by atoms with E-state index in [4.69, 9.17) is 4.74 Å². The van der Waals surface area contributed by atoms with E-state index in [1.165, 1.54) is 34.9 Å². The van der Waals surface area contributed by atoms with Gasteiger partial charge in [0.15, 0.2) is 0 Å². The summed E-state index contributed by atoms with van der Waals surface area (Å²) in [7, 11) is 0. The first-order valence-electron chi connectivity index (χ1n) is 10.4. The van der Waals surface area contributed by atoms with Crippen molar-refractivity contribution in [3.63, 3.8) is 0 Å². The predicted octanol–water partition coefficient (Wildman–Crippen LogP) is 5.13. The normalized spacial score (nSPS) is 16.2. The van der Waals surface area contributed by atoms with Gasteiger partial charge in [-0.25, -0.2) is 4.79 Å². The quantitative estimate of drug-likeness (QED) is 0.442. The van der Waals surface area contributed by atoms with Crippen molar-refractivity contribution in [2.24, 2.45) is 5.92 Å². The van der Waals surface area contributed by atoms with Crippen molar-refractivity contribution in [3.8, 4) is 0 Å². The van der Waals surface area contributed by atoms with Crippen LogP contribution in [0.3, 0.4) is 0 Å². The lowest BCUT2D eigenvalue weighted by Gasteiger charge is -2.18. The predicted molar refractivity (Wildman–Crippen MR) is 126 cm³/mol. The highest BCUT2D eigenvalue weighted by Crippen LogP contribution is 2.40. The number of benzene rings is 1. The molecule has 2 atom stereocenters. The number of carbonyl (C=O) groups excluding carboxylic acids is 3. The highest BCUT2D eigenvalue weighted by molar-refractivity contribution is 8.00. The first kappa shape index (κ1) is 23.3. The SMILES string of the molecule is CCOC(=O)c1c(NC(=O)[C@@H](C)Sc2ccc(NC(C)=O)cc2)sc2c1CC[C@H](C)C2. The standard InChI is InChI=1S/C23H28N2O4S2/c1-5-29-23(28)20-18-11-6-13(2)12-19(18)31-22(20)25-21(27)14(3)30-17-9-7-16(8-10-17)24-15(4)26/h7-10,13-14H,5-6,11-12H2,1-4H3,(H,24,26)(H,25,27)/t13-,14+/m0/s1. The number of ether oxygens (including phenoxy) is 1. The van der Waals surface area contributed by atoms with Crippen LogP contribution in [0.25, 0.3) is 0 Å². The average Bonchev–Trinajstić information content (AvgIpc) is 3.06. The Bertz CT molecular complexity index is 969. The summed E-state index contributed by atoms with van der Waals surface area (Å²) in [4.78, 5) is 38.8. The summed E-state index contributed by atoms with van der Waals surface area (Å²) in [5, 5.41) is 5.94. The molecule has 0 saturated carbocycles. The summed E-state index contributed by atoms with van der Waals surface area (Å²) in [6.07, 6.45) is 2.79. The van der Waals surface area contributed by atoms with Gasteiger partial charge in [-0.2, -0.15) is 0 Å². The lowest BCUT2D eigenvalue weighted by atomic mass is 9.88. The van der Waals surface area contributed by atoms with Gasteiger partial charge in [-0.05, 0) is 68.9 Å². The molecule has 0 saturated heterocycles. The van der Waals surface area contributed by atoms with E-state index in [0.29, 0.717) is 28.8 Å². The molecule has 1 heterocycles. The molecule has 1 aromatic carbocycles. The van der Waals surface area contributed by atoms with E-state index in [2.05, 4.69) is 17.6 Å². The van der Waals surface area contributed by atoms with Gasteiger partial charge in [0.05, 0.1) is 17.4 Å². The smallest absolute Gasteiger partial charge is 0.341 e. The summed E-state index contributed by atoms with van der Waals surface area (Å²) in [5.74, 6) is -0.0786. The fourth-order valence-electron chi connectivity index (χ4n) is 3.55. The molecule has 1 aliphatic carbocycles. The summed E-state index contributed by atoms with van der Waals surface area (Å²) in [5.41, 5.74) is 2.27. The number of hydrogen-bond acceptors (Lipinski definition) is 6. The number of carbonyl (C=O) groups is 3. The van der Waals surface area contributed by atoms with Crippen molar-refractivity contribution in [1.82, 2.24) is 0 Å². The Morgan fingerprint density at radius 1 is 1.23 bits per heavy atom. The second-order valence-electron chi connectivity index (χ2n) is 7.73. The third kappa shape index (κ3) is 5.89. The molecule has 2 amide bonds. The van der Waals surface area contributed by atoms with Gasteiger partial charge in [-0.15, -0.1) is 23.1 Å². The number of nitrogens with one attached hydrogen (secondary N) is 2. The topological polar surface area (TPSA) is 84.5 Å². The second-order valence-corrected chi connectivity index (χ2v) is 10.3. The van der Waals surface area contributed by atoms with Crippen LogP contribution in [-0.4, -0.2) is 29.6 Å². The maximum atomic E-state index is 12.9. The number of amides is 2. The van der Waals surface area contributed by atoms with E-state index in [1.54, 1.807) is 6.92 Å². The monoisotopic (exact) mass is 460 g/mol. The van der Waals surface area contributed by atoms with Crippen LogP contribution in [0.1, 0.15) is 54.9 Å². The molecule has 8 heteroatoms. The van der Waals surface area contributed by atoms with Gasteiger partial charge in [-0.3, -0.25) is 9.59 Å². The lowest BCUT2D eigenvalue weighted by molar-refractivity contribution is -0.115. The Labute approximate surface area is 191 Å². The maximum absolute atomic E-state index is 12.9. The molecule has 31 heavy (non-hydrogen) atoms. The Balaban J connectivity index is 1.73. The second kappa shape index (κ2) is 10.3. The van der Waals surface area contributed by atoms with Gasteiger partial charge < -0.3 is 15.4 Å². The van der Waals surface area contributed by atoms with Crippen molar-refractivity contribution in [3.05, 3.63) is 40.3 Å². The first-order chi connectivity index (χ1) is 14.8. The zero-order valence-electron chi connectivity index (χ0n) is 18.2. The van der Waals surface area contributed by atoms with Crippen LogP contribution in [0, 0.1) is 5.92 Å². The van der Waals surface area contributed by atoms with Gasteiger partial charge in [0.25, 0.3) is 0 Å². The minimum Gasteiger partial charge on any atom is -0.462 e. The number of fused-ring (bicyclic) bond motifs is 1. The molecule has 0 aliphatic heterocycles. The molecule has 0 fully saturated rings. The van der Waals surface area contributed by atoms with Crippen LogP contribution >= 0.6 is 23.1 Å². The first-order valence-corrected chi connectivity index (χ1v) is 12.1. The largest absolute Gasteiger partial charge is 0.462 e. The van der Waals surface area contributed by atoms with E-state index in [9.17, 15) is 14.4 Å². The molecule has 6 nitrogen and oxygen atoms in total. The fourth-order valence-corrected chi connectivity index (χ4v) is 5.82. The molecule has 3 rings (SSSR count). The molecule has 166 valence electrons. The molecule has 0 spiro atoms. The van der Waals surface area contributed by atoms with Crippen LogP contribution in [-0.2, 0) is 27.2 Å².